The van der Waals surface area contributed by atoms with Crippen LogP contribution in [-0.2, 0) is 0 Å². The SMILES string of the molecule is c1ccc(-c2cnc3cc(-c4ccc5cc[nH]c5c4)cnc3n2)cc1. The highest BCUT2D eigenvalue weighted by Gasteiger charge is 2.07. The second-order valence-corrected chi connectivity index (χ2v) is 5.97. The monoisotopic (exact) mass is 322 g/mol. The van der Waals surface area contributed by atoms with Crippen molar-refractivity contribution in [1.82, 2.24) is 19.9 Å². The summed E-state index contributed by atoms with van der Waals surface area (Å²) >= 11 is 0. The first-order chi connectivity index (χ1) is 12.4. The maximum Gasteiger partial charge on any atom is 0.178 e. The maximum absolute atomic E-state index is 4.64. The van der Waals surface area contributed by atoms with E-state index in [1.165, 1.54) is 5.39 Å². The number of fused-ring (bicyclic) bond motifs is 2. The van der Waals surface area contributed by atoms with Gasteiger partial charge in [0.2, 0.25) is 0 Å². The molecule has 118 valence electrons. The lowest BCUT2D eigenvalue weighted by Crippen LogP contribution is -1.92. The zero-order chi connectivity index (χ0) is 16.6. The summed E-state index contributed by atoms with van der Waals surface area (Å²) in [6, 6.07) is 20.5. The van der Waals surface area contributed by atoms with Crippen LogP contribution in [0.2, 0.25) is 0 Å². The van der Waals surface area contributed by atoms with E-state index in [4.69, 9.17) is 0 Å². The van der Waals surface area contributed by atoms with Gasteiger partial charge in [-0.3, -0.25) is 4.98 Å². The molecule has 0 fully saturated rings. The topological polar surface area (TPSA) is 54.5 Å². The Morgan fingerprint density at radius 3 is 2.56 bits per heavy atom. The molecule has 0 aliphatic rings. The van der Waals surface area contributed by atoms with Gasteiger partial charge in [0.15, 0.2) is 5.65 Å². The molecule has 4 heteroatoms. The van der Waals surface area contributed by atoms with Gasteiger partial charge < -0.3 is 4.98 Å². The maximum atomic E-state index is 4.64. The summed E-state index contributed by atoms with van der Waals surface area (Å²) in [6.07, 6.45) is 5.61. The number of nitrogens with one attached hydrogen (secondary N) is 1. The van der Waals surface area contributed by atoms with Gasteiger partial charge in [-0.2, -0.15) is 0 Å². The van der Waals surface area contributed by atoms with Gasteiger partial charge in [-0.15, -0.1) is 0 Å². The molecule has 1 N–H and O–H groups in total. The summed E-state index contributed by atoms with van der Waals surface area (Å²) in [7, 11) is 0. The molecule has 4 nitrogen and oxygen atoms in total. The zero-order valence-corrected chi connectivity index (χ0v) is 13.3. The number of hydrogen-bond acceptors (Lipinski definition) is 3. The van der Waals surface area contributed by atoms with Crippen molar-refractivity contribution < 1.29 is 0 Å². The van der Waals surface area contributed by atoms with Crippen LogP contribution in [0.3, 0.4) is 0 Å². The fraction of sp³-hybridized carbons (Fsp3) is 0. The third kappa shape index (κ3) is 2.44. The quantitative estimate of drug-likeness (QED) is 0.506. The first kappa shape index (κ1) is 13.9. The van der Waals surface area contributed by atoms with Crippen LogP contribution in [0.1, 0.15) is 0 Å². The summed E-state index contributed by atoms with van der Waals surface area (Å²) in [5, 5.41) is 1.20. The lowest BCUT2D eigenvalue weighted by molar-refractivity contribution is 1.23. The predicted octanol–water partition coefficient (Wildman–Crippen LogP) is 4.84. The number of H-pyrrole nitrogens is 1. The highest BCUT2D eigenvalue weighted by atomic mass is 14.9. The molecule has 2 aromatic carbocycles. The van der Waals surface area contributed by atoms with Gasteiger partial charge in [0.1, 0.15) is 5.52 Å². The fourth-order valence-corrected chi connectivity index (χ4v) is 3.03. The summed E-state index contributed by atoms with van der Waals surface area (Å²) < 4.78 is 0. The van der Waals surface area contributed by atoms with E-state index < -0.39 is 0 Å². The average molecular weight is 322 g/mol. The Balaban J connectivity index is 1.59. The Morgan fingerprint density at radius 2 is 1.64 bits per heavy atom. The molecule has 0 saturated heterocycles. The lowest BCUT2D eigenvalue weighted by atomic mass is 10.1. The summed E-state index contributed by atoms with van der Waals surface area (Å²) in [5.74, 6) is 0. The minimum absolute atomic E-state index is 0.658. The number of rotatable bonds is 2. The Morgan fingerprint density at radius 1 is 0.720 bits per heavy atom. The Bertz CT molecular complexity index is 1190. The standard InChI is InChI=1S/C21H14N4/c1-2-4-14(5-3-1)20-13-23-19-11-17(12-24-21(19)25-20)16-7-6-15-8-9-22-18(15)10-16/h1-13,22H. The number of aromatic amines is 1. The van der Waals surface area contributed by atoms with Gasteiger partial charge >= 0.3 is 0 Å². The number of nitrogens with zero attached hydrogens (tertiary/aromatic N) is 3. The van der Waals surface area contributed by atoms with Crippen molar-refractivity contribution in [3.8, 4) is 22.4 Å². The third-order valence-corrected chi connectivity index (χ3v) is 4.36. The summed E-state index contributed by atoms with van der Waals surface area (Å²) in [6.45, 7) is 0. The molecule has 0 atom stereocenters. The minimum atomic E-state index is 0.658. The smallest absolute Gasteiger partial charge is 0.178 e. The molecule has 5 rings (SSSR count). The average Bonchev–Trinajstić information content (AvgIpc) is 3.15. The van der Waals surface area contributed by atoms with Gasteiger partial charge in [-0.1, -0.05) is 42.5 Å². The van der Waals surface area contributed by atoms with Gasteiger partial charge in [-0.05, 0) is 29.1 Å². The van der Waals surface area contributed by atoms with Crippen LogP contribution in [0.25, 0.3) is 44.5 Å². The predicted molar refractivity (Wildman–Crippen MR) is 100 cm³/mol. The molecule has 0 spiro atoms. The zero-order valence-electron chi connectivity index (χ0n) is 13.3. The number of aromatic nitrogens is 4. The van der Waals surface area contributed by atoms with Crippen molar-refractivity contribution in [3.05, 3.63) is 79.3 Å². The minimum Gasteiger partial charge on any atom is -0.361 e. The molecule has 5 aromatic rings. The first-order valence-corrected chi connectivity index (χ1v) is 8.12. The van der Waals surface area contributed by atoms with Crippen molar-refractivity contribution in [2.24, 2.45) is 0 Å². The lowest BCUT2D eigenvalue weighted by Gasteiger charge is -2.05. The molecular weight excluding hydrogens is 308 g/mol. The summed E-state index contributed by atoms with van der Waals surface area (Å²) in [4.78, 5) is 17.0. The van der Waals surface area contributed by atoms with E-state index in [1.807, 2.05) is 48.8 Å². The molecule has 3 heterocycles. The molecule has 0 radical (unpaired) electrons. The van der Waals surface area contributed by atoms with Gasteiger partial charge in [0.25, 0.3) is 0 Å². The van der Waals surface area contributed by atoms with Gasteiger partial charge in [0, 0.05) is 29.0 Å². The van der Waals surface area contributed by atoms with Crippen molar-refractivity contribution in [3.63, 3.8) is 0 Å². The Labute approximate surface area is 144 Å². The van der Waals surface area contributed by atoms with E-state index in [0.717, 1.165) is 33.4 Å². The molecule has 0 bridgehead atoms. The Kier molecular flexibility index (Phi) is 3.07. The third-order valence-electron chi connectivity index (χ3n) is 4.36. The first-order valence-electron chi connectivity index (χ1n) is 8.12. The van der Waals surface area contributed by atoms with Crippen molar-refractivity contribution >= 4 is 22.1 Å². The van der Waals surface area contributed by atoms with Crippen molar-refractivity contribution in [1.29, 1.82) is 0 Å². The highest BCUT2D eigenvalue weighted by Crippen LogP contribution is 2.25. The number of benzene rings is 2. The van der Waals surface area contributed by atoms with Crippen LogP contribution in [0.15, 0.2) is 79.3 Å². The Hall–Kier alpha value is -3.53. The molecule has 3 aromatic heterocycles. The van der Waals surface area contributed by atoms with E-state index in [0.29, 0.717) is 5.65 Å². The second kappa shape index (κ2) is 5.53. The largest absolute Gasteiger partial charge is 0.361 e. The van der Waals surface area contributed by atoms with Gasteiger partial charge in [0.05, 0.1) is 11.9 Å². The molecule has 0 unspecified atom stereocenters. The molecule has 0 aliphatic heterocycles. The fourth-order valence-electron chi connectivity index (χ4n) is 3.03. The van der Waals surface area contributed by atoms with Gasteiger partial charge in [-0.25, -0.2) is 9.97 Å². The van der Waals surface area contributed by atoms with Crippen LogP contribution in [0, 0.1) is 0 Å². The van der Waals surface area contributed by atoms with E-state index in [1.54, 1.807) is 6.20 Å². The molecular formula is C21H14N4. The van der Waals surface area contributed by atoms with Crippen LogP contribution in [0.4, 0.5) is 0 Å². The van der Waals surface area contributed by atoms with Crippen LogP contribution in [0.5, 0.6) is 0 Å². The molecule has 0 aliphatic carbocycles. The van der Waals surface area contributed by atoms with Crippen LogP contribution >= 0.6 is 0 Å². The van der Waals surface area contributed by atoms with E-state index >= 15 is 0 Å². The van der Waals surface area contributed by atoms with Crippen molar-refractivity contribution in [2.45, 2.75) is 0 Å². The number of pyridine rings is 1. The molecule has 25 heavy (non-hydrogen) atoms. The van der Waals surface area contributed by atoms with Crippen LogP contribution < -0.4 is 0 Å². The summed E-state index contributed by atoms with van der Waals surface area (Å²) in [5.41, 5.74) is 6.59. The van der Waals surface area contributed by atoms with Crippen LogP contribution in [-0.4, -0.2) is 19.9 Å². The molecule has 0 saturated carbocycles. The normalized spacial score (nSPS) is 11.2. The van der Waals surface area contributed by atoms with E-state index in [-0.39, 0.29) is 0 Å². The highest BCUT2D eigenvalue weighted by molar-refractivity contribution is 5.86. The van der Waals surface area contributed by atoms with E-state index in [9.17, 15) is 0 Å². The van der Waals surface area contributed by atoms with E-state index in [2.05, 4.69) is 44.2 Å². The molecule has 0 amide bonds. The van der Waals surface area contributed by atoms with Crippen molar-refractivity contribution in [2.75, 3.05) is 0 Å². The second-order valence-electron chi connectivity index (χ2n) is 5.97. The number of hydrogen-bond donors (Lipinski definition) is 1.